The van der Waals surface area contributed by atoms with Crippen LogP contribution in [-0.2, 0) is 28.0 Å². The minimum absolute atomic E-state index is 0.0248. The van der Waals surface area contributed by atoms with Gasteiger partial charge in [0.05, 0.1) is 6.54 Å². The fourth-order valence-corrected chi connectivity index (χ4v) is 4.71. The van der Waals surface area contributed by atoms with Crippen molar-refractivity contribution in [3.8, 4) is 0 Å². The van der Waals surface area contributed by atoms with Gasteiger partial charge in [0.15, 0.2) is 0 Å². The molecule has 0 bridgehead atoms. The highest BCUT2D eigenvalue weighted by atomic mass is 19.3. The van der Waals surface area contributed by atoms with E-state index in [2.05, 4.69) is 10.3 Å². The van der Waals surface area contributed by atoms with Crippen LogP contribution in [0.15, 0.2) is 34.8 Å². The summed E-state index contributed by atoms with van der Waals surface area (Å²) in [5.41, 5.74) is 0.00926. The third kappa shape index (κ3) is 8.03. The Morgan fingerprint density at radius 2 is 1.67 bits per heavy atom. The van der Waals surface area contributed by atoms with E-state index >= 15 is 0 Å². The lowest BCUT2D eigenvalue weighted by Crippen LogP contribution is -2.58. The number of benzene rings is 1. The summed E-state index contributed by atoms with van der Waals surface area (Å²) < 4.78 is 61.1. The average Bonchev–Trinajstić information content (AvgIpc) is 3.32. The fraction of sp³-hybridized carbons (Fsp3) is 0.607. The van der Waals surface area contributed by atoms with Crippen molar-refractivity contribution in [2.75, 3.05) is 32.7 Å². The van der Waals surface area contributed by atoms with E-state index in [0.717, 1.165) is 30.2 Å². The number of rotatable bonds is 10. The zero-order valence-electron chi connectivity index (χ0n) is 23.2. The second kappa shape index (κ2) is 12.5. The first-order valence-electron chi connectivity index (χ1n) is 13.3. The molecule has 0 aliphatic carbocycles. The van der Waals surface area contributed by atoms with E-state index in [-0.39, 0.29) is 36.6 Å². The molecule has 2 aliphatic rings. The molecular formula is C28H38F4N4O3. The lowest BCUT2D eigenvalue weighted by atomic mass is 9.99. The number of nitrogens with one attached hydrogen (secondary N) is 1. The number of amides is 2. The number of hydrogen-bond donors (Lipinski definition) is 1. The van der Waals surface area contributed by atoms with Gasteiger partial charge in [-0.25, -0.2) is 22.4 Å². The Labute approximate surface area is 227 Å². The Hall–Kier alpha value is -2.95. The fourth-order valence-electron chi connectivity index (χ4n) is 4.71. The van der Waals surface area contributed by atoms with Gasteiger partial charge in [0.1, 0.15) is 12.3 Å². The number of carbonyl (C=O) groups excluding carboxylic acids is 2. The first-order valence-corrected chi connectivity index (χ1v) is 13.3. The standard InChI is InChI=1S/C28H38F4N4O3/c1-6-7-8-35(16-21-11-24(34-15-21)25(37)36-18(2)13-33-14-19(36)3)26(38)39-17-20-9-22(27(4,29)30)12-23(10-20)28(5,31)32/h9-12,18-19,33H,6-8,13-17H2,1-5H3/t18-,19-/m0/s1. The highest BCUT2D eigenvalue weighted by Crippen LogP contribution is 2.34. The quantitative estimate of drug-likeness (QED) is 0.402. The molecule has 2 heterocycles. The molecule has 216 valence electrons. The van der Waals surface area contributed by atoms with Crippen LogP contribution in [0.1, 0.15) is 64.2 Å². The van der Waals surface area contributed by atoms with Gasteiger partial charge in [-0.15, -0.1) is 0 Å². The van der Waals surface area contributed by atoms with Gasteiger partial charge in [-0.2, -0.15) is 0 Å². The van der Waals surface area contributed by atoms with Gasteiger partial charge < -0.3 is 19.9 Å². The number of ether oxygens (including phenoxy) is 1. The van der Waals surface area contributed by atoms with Gasteiger partial charge in [-0.1, -0.05) is 13.3 Å². The number of hydrogen-bond acceptors (Lipinski definition) is 5. The molecule has 0 aromatic heterocycles. The Morgan fingerprint density at radius 1 is 1.08 bits per heavy atom. The SMILES string of the molecule is CCCCN(CC1=CC(C(=O)N2[C@@H](C)CNC[C@@H]2C)=NC1)C(=O)OCc1cc(C(C)(F)F)cc(C(C)(F)F)c1. The molecular weight excluding hydrogens is 516 g/mol. The van der Waals surface area contributed by atoms with Crippen molar-refractivity contribution in [3.63, 3.8) is 0 Å². The summed E-state index contributed by atoms with van der Waals surface area (Å²) in [6, 6.07) is 2.96. The van der Waals surface area contributed by atoms with Crippen LogP contribution in [0, 0.1) is 0 Å². The van der Waals surface area contributed by atoms with Crippen molar-refractivity contribution in [2.24, 2.45) is 4.99 Å². The van der Waals surface area contributed by atoms with Crippen LogP contribution in [0.3, 0.4) is 0 Å². The largest absolute Gasteiger partial charge is 0.445 e. The molecule has 39 heavy (non-hydrogen) atoms. The minimum Gasteiger partial charge on any atom is -0.445 e. The Bertz CT molecular complexity index is 1070. The van der Waals surface area contributed by atoms with Gasteiger partial charge in [0, 0.05) is 63.2 Å². The topological polar surface area (TPSA) is 74.2 Å². The summed E-state index contributed by atoms with van der Waals surface area (Å²) in [4.78, 5) is 33.8. The van der Waals surface area contributed by atoms with E-state index in [0.29, 0.717) is 45.6 Å². The number of carbonyl (C=O) groups is 2. The monoisotopic (exact) mass is 554 g/mol. The van der Waals surface area contributed by atoms with Gasteiger partial charge in [0.2, 0.25) is 0 Å². The third-order valence-electron chi connectivity index (χ3n) is 6.88. The molecule has 2 amide bonds. The van der Waals surface area contributed by atoms with Crippen LogP contribution in [0.5, 0.6) is 0 Å². The minimum atomic E-state index is -3.34. The lowest BCUT2D eigenvalue weighted by molar-refractivity contribution is -0.129. The Kier molecular flexibility index (Phi) is 9.79. The molecule has 0 saturated carbocycles. The molecule has 1 fully saturated rings. The summed E-state index contributed by atoms with van der Waals surface area (Å²) in [7, 11) is 0. The molecule has 2 atom stereocenters. The molecule has 1 aromatic rings. The summed E-state index contributed by atoms with van der Waals surface area (Å²) in [6.45, 7) is 8.96. The normalized spacial score (nSPS) is 20.0. The van der Waals surface area contributed by atoms with Crippen molar-refractivity contribution in [2.45, 2.75) is 78.0 Å². The summed E-state index contributed by atoms with van der Waals surface area (Å²) in [5.74, 6) is -6.82. The lowest BCUT2D eigenvalue weighted by Gasteiger charge is -2.39. The maximum absolute atomic E-state index is 13.9. The van der Waals surface area contributed by atoms with E-state index in [1.54, 1.807) is 6.08 Å². The van der Waals surface area contributed by atoms with Gasteiger partial charge in [-0.05, 0) is 55.7 Å². The number of halogens is 4. The Balaban J connectivity index is 1.70. The van der Waals surface area contributed by atoms with Crippen LogP contribution in [0.25, 0.3) is 0 Å². The van der Waals surface area contributed by atoms with Crippen LogP contribution in [0.4, 0.5) is 22.4 Å². The van der Waals surface area contributed by atoms with E-state index in [9.17, 15) is 27.2 Å². The average molecular weight is 555 g/mol. The van der Waals surface area contributed by atoms with Crippen LogP contribution < -0.4 is 5.32 Å². The van der Waals surface area contributed by atoms with Gasteiger partial charge in [0.25, 0.3) is 17.8 Å². The van der Waals surface area contributed by atoms with Crippen molar-refractivity contribution in [1.29, 1.82) is 0 Å². The maximum Gasteiger partial charge on any atom is 0.410 e. The van der Waals surface area contributed by atoms with Crippen LogP contribution in [0.2, 0.25) is 0 Å². The molecule has 0 spiro atoms. The van der Waals surface area contributed by atoms with E-state index in [1.165, 1.54) is 4.90 Å². The molecule has 2 aliphatic heterocycles. The summed E-state index contributed by atoms with van der Waals surface area (Å²) in [5, 5.41) is 3.29. The molecule has 1 saturated heterocycles. The first-order chi connectivity index (χ1) is 18.2. The van der Waals surface area contributed by atoms with Crippen LogP contribution >= 0.6 is 0 Å². The van der Waals surface area contributed by atoms with E-state index in [1.807, 2.05) is 25.7 Å². The van der Waals surface area contributed by atoms with Crippen LogP contribution in [-0.4, -0.2) is 72.3 Å². The van der Waals surface area contributed by atoms with Gasteiger partial charge in [-0.3, -0.25) is 9.79 Å². The molecule has 1 aromatic carbocycles. The van der Waals surface area contributed by atoms with E-state index in [4.69, 9.17) is 4.74 Å². The smallest absolute Gasteiger partial charge is 0.410 e. The predicted octanol–water partition coefficient (Wildman–Crippen LogP) is 5.24. The molecule has 7 nitrogen and oxygen atoms in total. The maximum atomic E-state index is 13.9. The number of alkyl halides is 4. The predicted molar refractivity (Wildman–Crippen MR) is 141 cm³/mol. The van der Waals surface area contributed by atoms with Crippen molar-refractivity contribution >= 4 is 17.7 Å². The number of piperazine rings is 1. The highest BCUT2D eigenvalue weighted by molar-refractivity contribution is 6.44. The molecule has 11 heteroatoms. The summed E-state index contributed by atoms with van der Waals surface area (Å²) in [6.07, 6.45) is 2.50. The number of unbranched alkanes of at least 4 members (excludes halogenated alkanes) is 1. The second-order valence-corrected chi connectivity index (χ2v) is 10.6. The molecule has 3 rings (SSSR count). The highest BCUT2D eigenvalue weighted by Gasteiger charge is 2.33. The molecule has 0 radical (unpaired) electrons. The zero-order chi connectivity index (χ0) is 29.0. The second-order valence-electron chi connectivity index (χ2n) is 10.6. The van der Waals surface area contributed by atoms with Gasteiger partial charge >= 0.3 is 6.09 Å². The van der Waals surface area contributed by atoms with Crippen molar-refractivity contribution in [1.82, 2.24) is 15.1 Å². The zero-order valence-corrected chi connectivity index (χ0v) is 23.2. The van der Waals surface area contributed by atoms with Crippen molar-refractivity contribution in [3.05, 3.63) is 46.5 Å². The first kappa shape index (κ1) is 30.6. The molecule has 0 unspecified atom stereocenters. The number of nitrogens with zero attached hydrogens (tertiary/aromatic N) is 3. The van der Waals surface area contributed by atoms with Crippen molar-refractivity contribution < 1.29 is 31.9 Å². The number of aliphatic imine (C=N–C) groups is 1. The third-order valence-corrected chi connectivity index (χ3v) is 6.88. The molecule has 1 N–H and O–H groups in total. The summed E-state index contributed by atoms with van der Waals surface area (Å²) >= 11 is 0. The van der Waals surface area contributed by atoms with E-state index < -0.39 is 35.7 Å². The Morgan fingerprint density at radius 3 is 2.21 bits per heavy atom.